The van der Waals surface area contributed by atoms with E-state index in [-0.39, 0.29) is 16.4 Å². The standard InChI is InChI=1S/C14H22N2O2/c1-13(2,3)8-7-9(14(4,5)6)16-12(18)10(8)11(15)17/h7H,1-6H3,(H2,15,17)(H,16,18). The Balaban J connectivity index is 3.69. The highest BCUT2D eigenvalue weighted by atomic mass is 16.2. The fourth-order valence-electron chi connectivity index (χ4n) is 1.80. The number of hydrogen-bond acceptors (Lipinski definition) is 2. The first-order valence-corrected chi connectivity index (χ1v) is 6.02. The van der Waals surface area contributed by atoms with Crippen LogP contribution in [0.3, 0.4) is 0 Å². The molecule has 0 radical (unpaired) electrons. The summed E-state index contributed by atoms with van der Waals surface area (Å²) in [6, 6.07) is 1.88. The highest BCUT2D eigenvalue weighted by molar-refractivity contribution is 5.94. The molecule has 0 fully saturated rings. The van der Waals surface area contributed by atoms with Crippen molar-refractivity contribution in [1.29, 1.82) is 0 Å². The van der Waals surface area contributed by atoms with Crippen LogP contribution in [0.2, 0.25) is 0 Å². The van der Waals surface area contributed by atoms with Gasteiger partial charge in [-0.15, -0.1) is 0 Å². The summed E-state index contributed by atoms with van der Waals surface area (Å²) >= 11 is 0. The van der Waals surface area contributed by atoms with Crippen LogP contribution in [0.25, 0.3) is 0 Å². The van der Waals surface area contributed by atoms with E-state index in [1.54, 1.807) is 0 Å². The lowest BCUT2D eigenvalue weighted by Gasteiger charge is -2.25. The number of pyridine rings is 1. The minimum absolute atomic E-state index is 0.0653. The average Bonchev–Trinajstić information content (AvgIpc) is 2.12. The van der Waals surface area contributed by atoms with Crippen LogP contribution >= 0.6 is 0 Å². The van der Waals surface area contributed by atoms with Crippen LogP contribution in [0.1, 0.15) is 63.2 Å². The summed E-state index contributed by atoms with van der Waals surface area (Å²) < 4.78 is 0. The van der Waals surface area contributed by atoms with E-state index in [4.69, 9.17) is 5.73 Å². The van der Waals surface area contributed by atoms with Gasteiger partial charge in [-0.1, -0.05) is 41.5 Å². The number of aromatic nitrogens is 1. The lowest BCUT2D eigenvalue weighted by atomic mass is 9.81. The first kappa shape index (κ1) is 14.5. The van der Waals surface area contributed by atoms with E-state index in [2.05, 4.69) is 4.98 Å². The van der Waals surface area contributed by atoms with Crippen LogP contribution in [0.4, 0.5) is 0 Å². The molecule has 0 aliphatic heterocycles. The lowest BCUT2D eigenvalue weighted by molar-refractivity contribution is 0.0996. The Labute approximate surface area is 108 Å². The Bertz CT molecular complexity index is 528. The van der Waals surface area contributed by atoms with Crippen molar-refractivity contribution in [2.24, 2.45) is 5.73 Å². The SMILES string of the molecule is CC(C)(C)c1cc(C(C)(C)C)c(C(N)=O)c(=O)[nH]1. The van der Waals surface area contributed by atoms with Gasteiger partial charge in [0.05, 0.1) is 0 Å². The molecule has 1 rings (SSSR count). The number of amides is 1. The van der Waals surface area contributed by atoms with Gasteiger partial charge in [-0.3, -0.25) is 9.59 Å². The molecule has 0 aliphatic rings. The smallest absolute Gasteiger partial charge is 0.261 e. The van der Waals surface area contributed by atoms with Crippen molar-refractivity contribution in [2.45, 2.75) is 52.4 Å². The Morgan fingerprint density at radius 1 is 1.11 bits per heavy atom. The summed E-state index contributed by atoms with van der Waals surface area (Å²) in [5.41, 5.74) is 5.99. The zero-order chi connectivity index (χ0) is 14.3. The van der Waals surface area contributed by atoms with Crippen LogP contribution in [0, 0.1) is 0 Å². The number of carbonyl (C=O) groups is 1. The number of carbonyl (C=O) groups excluding carboxylic acids is 1. The molecule has 4 nitrogen and oxygen atoms in total. The number of nitrogens with two attached hydrogens (primary N) is 1. The van der Waals surface area contributed by atoms with E-state index in [1.165, 1.54) is 0 Å². The second-order valence-corrected chi connectivity index (χ2v) is 6.67. The topological polar surface area (TPSA) is 76.0 Å². The van der Waals surface area contributed by atoms with Crippen LogP contribution in [-0.2, 0) is 10.8 Å². The van der Waals surface area contributed by atoms with Gasteiger partial charge in [-0.25, -0.2) is 0 Å². The van der Waals surface area contributed by atoms with Gasteiger partial charge < -0.3 is 10.7 Å². The fourth-order valence-corrected chi connectivity index (χ4v) is 1.80. The maximum atomic E-state index is 12.0. The molecule has 0 saturated carbocycles. The number of H-pyrrole nitrogens is 1. The van der Waals surface area contributed by atoms with Crippen molar-refractivity contribution < 1.29 is 4.79 Å². The van der Waals surface area contributed by atoms with E-state index >= 15 is 0 Å². The van der Waals surface area contributed by atoms with Crippen LogP contribution in [0.15, 0.2) is 10.9 Å². The zero-order valence-electron chi connectivity index (χ0n) is 12.0. The van der Waals surface area contributed by atoms with Crippen LogP contribution in [0.5, 0.6) is 0 Å². The highest BCUT2D eigenvalue weighted by Gasteiger charge is 2.26. The largest absolute Gasteiger partial charge is 0.365 e. The number of aromatic amines is 1. The zero-order valence-corrected chi connectivity index (χ0v) is 12.0. The third kappa shape index (κ3) is 2.81. The molecular formula is C14H22N2O2. The average molecular weight is 250 g/mol. The van der Waals surface area contributed by atoms with E-state index in [9.17, 15) is 9.59 Å². The predicted molar refractivity (Wildman–Crippen MR) is 73.0 cm³/mol. The molecule has 0 aromatic carbocycles. The normalized spacial score (nSPS) is 12.6. The molecular weight excluding hydrogens is 228 g/mol. The molecule has 0 bridgehead atoms. The lowest BCUT2D eigenvalue weighted by Crippen LogP contribution is -2.33. The molecule has 4 heteroatoms. The summed E-state index contributed by atoms with van der Waals surface area (Å²) in [6.07, 6.45) is 0. The second kappa shape index (κ2) is 4.26. The van der Waals surface area contributed by atoms with Crippen LogP contribution in [-0.4, -0.2) is 10.9 Å². The number of hydrogen-bond donors (Lipinski definition) is 2. The molecule has 0 unspecified atom stereocenters. The number of primary amides is 1. The third-order valence-electron chi connectivity index (χ3n) is 2.90. The minimum Gasteiger partial charge on any atom is -0.365 e. The van der Waals surface area contributed by atoms with Crippen molar-refractivity contribution in [2.75, 3.05) is 0 Å². The van der Waals surface area contributed by atoms with Crippen LogP contribution < -0.4 is 11.3 Å². The summed E-state index contributed by atoms with van der Waals surface area (Å²) in [4.78, 5) is 26.2. The Morgan fingerprint density at radius 2 is 1.61 bits per heavy atom. The molecule has 0 spiro atoms. The van der Waals surface area contributed by atoms with E-state index < -0.39 is 11.5 Å². The highest BCUT2D eigenvalue weighted by Crippen LogP contribution is 2.28. The van der Waals surface area contributed by atoms with Gasteiger partial charge in [0, 0.05) is 11.1 Å². The first-order chi connectivity index (χ1) is 7.94. The summed E-state index contributed by atoms with van der Waals surface area (Å²) in [6.45, 7) is 11.9. The molecule has 0 saturated heterocycles. The van der Waals surface area contributed by atoms with Gasteiger partial charge in [0.15, 0.2) is 0 Å². The van der Waals surface area contributed by atoms with Gasteiger partial charge >= 0.3 is 0 Å². The van der Waals surface area contributed by atoms with Gasteiger partial charge in [0.2, 0.25) is 0 Å². The van der Waals surface area contributed by atoms with E-state index in [0.29, 0.717) is 5.56 Å². The van der Waals surface area contributed by atoms with Crippen molar-refractivity contribution in [3.05, 3.63) is 33.2 Å². The predicted octanol–water partition coefficient (Wildman–Crippen LogP) is 2.07. The van der Waals surface area contributed by atoms with Crippen molar-refractivity contribution in [3.8, 4) is 0 Å². The Hall–Kier alpha value is -1.58. The van der Waals surface area contributed by atoms with Gasteiger partial charge in [0.1, 0.15) is 5.56 Å². The van der Waals surface area contributed by atoms with Gasteiger partial charge in [0.25, 0.3) is 11.5 Å². The van der Waals surface area contributed by atoms with E-state index in [0.717, 1.165) is 5.69 Å². The molecule has 100 valence electrons. The molecule has 0 atom stereocenters. The molecule has 3 N–H and O–H groups in total. The Kier molecular flexibility index (Phi) is 3.43. The van der Waals surface area contributed by atoms with Crippen molar-refractivity contribution >= 4 is 5.91 Å². The minimum atomic E-state index is -0.679. The quantitative estimate of drug-likeness (QED) is 0.800. The molecule has 18 heavy (non-hydrogen) atoms. The maximum absolute atomic E-state index is 12.0. The first-order valence-electron chi connectivity index (χ1n) is 6.02. The van der Waals surface area contributed by atoms with Gasteiger partial charge in [-0.05, 0) is 17.0 Å². The molecule has 1 aromatic heterocycles. The summed E-state index contributed by atoms with van der Waals surface area (Å²) in [5, 5.41) is 0. The fraction of sp³-hybridized carbons (Fsp3) is 0.571. The monoisotopic (exact) mass is 250 g/mol. The molecule has 1 heterocycles. The van der Waals surface area contributed by atoms with Crippen molar-refractivity contribution in [1.82, 2.24) is 4.98 Å². The van der Waals surface area contributed by atoms with E-state index in [1.807, 2.05) is 47.6 Å². The van der Waals surface area contributed by atoms with Gasteiger partial charge in [-0.2, -0.15) is 0 Å². The number of rotatable bonds is 1. The molecule has 1 amide bonds. The summed E-state index contributed by atoms with van der Waals surface area (Å²) in [5.74, 6) is -0.679. The Morgan fingerprint density at radius 3 is 1.94 bits per heavy atom. The maximum Gasteiger partial charge on any atom is 0.261 e. The molecule has 1 aromatic rings. The summed E-state index contributed by atoms with van der Waals surface area (Å²) in [7, 11) is 0. The van der Waals surface area contributed by atoms with Crippen molar-refractivity contribution in [3.63, 3.8) is 0 Å². The number of nitrogens with one attached hydrogen (secondary N) is 1. The second-order valence-electron chi connectivity index (χ2n) is 6.67. The molecule has 0 aliphatic carbocycles. The third-order valence-corrected chi connectivity index (χ3v) is 2.90.